The minimum atomic E-state index is -1.19. The van der Waals surface area contributed by atoms with Gasteiger partial charge in [0.05, 0.1) is 17.9 Å². The number of hydrogen-bond donors (Lipinski definition) is 1. The van der Waals surface area contributed by atoms with E-state index >= 15 is 0 Å². The highest BCUT2D eigenvalue weighted by atomic mass is 19.2. The van der Waals surface area contributed by atoms with Crippen LogP contribution in [0.25, 0.3) is 0 Å². The summed E-state index contributed by atoms with van der Waals surface area (Å²) in [6.45, 7) is 2.31. The maximum atomic E-state index is 13.3. The SMILES string of the molecule is CC1CCC(CNc2cc(F)cc(F)c2F)O1. The first-order chi connectivity index (χ1) is 8.06. The zero-order valence-electron chi connectivity index (χ0n) is 9.47. The first-order valence-corrected chi connectivity index (χ1v) is 5.60. The van der Waals surface area contributed by atoms with Crippen LogP contribution in [0.15, 0.2) is 12.1 Å². The Labute approximate surface area is 97.8 Å². The van der Waals surface area contributed by atoms with Gasteiger partial charge in [0.15, 0.2) is 11.6 Å². The fraction of sp³-hybridized carbons (Fsp3) is 0.500. The van der Waals surface area contributed by atoms with Crippen molar-refractivity contribution in [1.29, 1.82) is 0 Å². The van der Waals surface area contributed by atoms with E-state index in [0.29, 0.717) is 12.6 Å². The number of benzene rings is 1. The highest BCUT2D eigenvalue weighted by Crippen LogP contribution is 2.22. The Morgan fingerprint density at radius 1 is 1.29 bits per heavy atom. The van der Waals surface area contributed by atoms with Gasteiger partial charge in [0.25, 0.3) is 0 Å². The fourth-order valence-electron chi connectivity index (χ4n) is 1.94. The van der Waals surface area contributed by atoms with E-state index < -0.39 is 17.5 Å². The third-order valence-corrected chi connectivity index (χ3v) is 2.83. The lowest BCUT2D eigenvalue weighted by Crippen LogP contribution is -2.20. The lowest BCUT2D eigenvalue weighted by atomic mass is 10.2. The van der Waals surface area contributed by atoms with Crippen LogP contribution in [0, 0.1) is 17.5 Å². The summed E-state index contributed by atoms with van der Waals surface area (Å²) in [4.78, 5) is 0. The molecule has 0 saturated carbocycles. The smallest absolute Gasteiger partial charge is 0.182 e. The van der Waals surface area contributed by atoms with Gasteiger partial charge in [0, 0.05) is 18.7 Å². The zero-order valence-corrected chi connectivity index (χ0v) is 9.47. The summed E-state index contributed by atoms with van der Waals surface area (Å²) < 4.78 is 44.6. The first-order valence-electron chi connectivity index (χ1n) is 5.60. The summed E-state index contributed by atoms with van der Waals surface area (Å²) in [5.74, 6) is -3.04. The van der Waals surface area contributed by atoms with Crippen molar-refractivity contribution in [1.82, 2.24) is 0 Å². The van der Waals surface area contributed by atoms with Crippen LogP contribution in [0.3, 0.4) is 0 Å². The molecule has 1 saturated heterocycles. The van der Waals surface area contributed by atoms with Crippen LogP contribution in [-0.2, 0) is 4.74 Å². The normalized spacial score (nSPS) is 24.0. The van der Waals surface area contributed by atoms with E-state index in [4.69, 9.17) is 4.74 Å². The molecule has 2 rings (SSSR count). The van der Waals surface area contributed by atoms with Crippen LogP contribution >= 0.6 is 0 Å². The average molecular weight is 245 g/mol. The average Bonchev–Trinajstić information content (AvgIpc) is 2.67. The molecule has 1 fully saturated rings. The van der Waals surface area contributed by atoms with Crippen LogP contribution in [0.5, 0.6) is 0 Å². The maximum Gasteiger partial charge on any atom is 0.182 e. The van der Waals surface area contributed by atoms with Gasteiger partial charge in [-0.2, -0.15) is 0 Å². The van der Waals surface area contributed by atoms with Crippen molar-refractivity contribution in [2.45, 2.75) is 32.0 Å². The van der Waals surface area contributed by atoms with Crippen molar-refractivity contribution >= 4 is 5.69 Å². The number of anilines is 1. The largest absolute Gasteiger partial charge is 0.380 e. The summed E-state index contributed by atoms with van der Waals surface area (Å²) in [6.07, 6.45) is 1.98. The molecule has 0 amide bonds. The molecule has 1 aromatic rings. The van der Waals surface area contributed by atoms with Crippen molar-refractivity contribution in [3.63, 3.8) is 0 Å². The second kappa shape index (κ2) is 4.96. The molecule has 0 bridgehead atoms. The van der Waals surface area contributed by atoms with E-state index in [9.17, 15) is 13.2 Å². The molecule has 0 spiro atoms. The molecule has 1 aromatic carbocycles. The zero-order chi connectivity index (χ0) is 12.4. The van der Waals surface area contributed by atoms with Gasteiger partial charge in [-0.3, -0.25) is 0 Å². The quantitative estimate of drug-likeness (QED) is 0.826. The van der Waals surface area contributed by atoms with Crippen LogP contribution in [0.4, 0.5) is 18.9 Å². The monoisotopic (exact) mass is 245 g/mol. The lowest BCUT2D eigenvalue weighted by molar-refractivity contribution is 0.0636. The number of nitrogens with one attached hydrogen (secondary N) is 1. The van der Waals surface area contributed by atoms with Crippen molar-refractivity contribution in [2.75, 3.05) is 11.9 Å². The molecule has 94 valence electrons. The molecular weight excluding hydrogens is 231 g/mol. The highest BCUT2D eigenvalue weighted by molar-refractivity contribution is 5.45. The molecule has 0 aliphatic carbocycles. The van der Waals surface area contributed by atoms with Gasteiger partial charge in [0.1, 0.15) is 5.82 Å². The van der Waals surface area contributed by atoms with Gasteiger partial charge >= 0.3 is 0 Å². The summed E-state index contributed by atoms with van der Waals surface area (Å²) in [5, 5.41) is 2.68. The molecule has 1 aliphatic heterocycles. The first kappa shape index (κ1) is 12.2. The van der Waals surface area contributed by atoms with E-state index in [1.165, 1.54) is 0 Å². The van der Waals surface area contributed by atoms with Gasteiger partial charge in [-0.1, -0.05) is 0 Å². The van der Waals surface area contributed by atoms with Gasteiger partial charge in [-0.25, -0.2) is 13.2 Å². The van der Waals surface area contributed by atoms with E-state index in [1.807, 2.05) is 6.92 Å². The van der Waals surface area contributed by atoms with Crippen molar-refractivity contribution in [3.05, 3.63) is 29.6 Å². The maximum absolute atomic E-state index is 13.3. The van der Waals surface area contributed by atoms with Gasteiger partial charge in [-0.05, 0) is 19.8 Å². The van der Waals surface area contributed by atoms with Gasteiger partial charge < -0.3 is 10.1 Å². The van der Waals surface area contributed by atoms with Crippen molar-refractivity contribution in [3.8, 4) is 0 Å². The van der Waals surface area contributed by atoms with Gasteiger partial charge in [0.2, 0.25) is 0 Å². The second-order valence-corrected chi connectivity index (χ2v) is 4.28. The Balaban J connectivity index is 1.99. The molecule has 5 heteroatoms. The molecule has 1 aliphatic rings. The minimum Gasteiger partial charge on any atom is -0.380 e. The Bertz CT molecular complexity index is 411. The predicted molar refractivity (Wildman–Crippen MR) is 58.4 cm³/mol. The molecule has 0 aromatic heterocycles. The highest BCUT2D eigenvalue weighted by Gasteiger charge is 2.22. The van der Waals surface area contributed by atoms with Crippen molar-refractivity contribution in [2.24, 2.45) is 0 Å². The number of hydrogen-bond acceptors (Lipinski definition) is 2. The number of ether oxygens (including phenoxy) is 1. The third kappa shape index (κ3) is 2.91. The standard InChI is InChI=1S/C12H14F3NO/c1-7-2-3-9(17-7)6-16-11-5-8(13)4-10(14)12(11)15/h4-5,7,9,16H,2-3,6H2,1H3. The number of halogens is 3. The van der Waals surface area contributed by atoms with Crippen LogP contribution in [0.1, 0.15) is 19.8 Å². The molecule has 0 radical (unpaired) electrons. The molecule has 2 atom stereocenters. The second-order valence-electron chi connectivity index (χ2n) is 4.28. The Kier molecular flexibility index (Phi) is 3.57. The summed E-state index contributed by atoms with van der Waals surface area (Å²) in [6, 6.07) is 1.46. The molecular formula is C12H14F3NO. The topological polar surface area (TPSA) is 21.3 Å². The minimum absolute atomic E-state index is 0.0317. The Morgan fingerprint density at radius 2 is 2.06 bits per heavy atom. The molecule has 1 heterocycles. The third-order valence-electron chi connectivity index (χ3n) is 2.83. The molecule has 17 heavy (non-hydrogen) atoms. The fourth-order valence-corrected chi connectivity index (χ4v) is 1.94. The van der Waals surface area contributed by atoms with Crippen molar-refractivity contribution < 1.29 is 17.9 Å². The molecule has 2 unspecified atom stereocenters. The van der Waals surface area contributed by atoms with E-state index in [0.717, 1.165) is 18.9 Å². The summed E-state index contributed by atoms with van der Waals surface area (Å²) >= 11 is 0. The van der Waals surface area contributed by atoms with E-state index in [2.05, 4.69) is 5.32 Å². The molecule has 1 N–H and O–H groups in total. The number of rotatable bonds is 3. The van der Waals surface area contributed by atoms with Crippen LogP contribution in [-0.4, -0.2) is 18.8 Å². The van der Waals surface area contributed by atoms with E-state index in [1.54, 1.807) is 0 Å². The Hall–Kier alpha value is -1.23. The van der Waals surface area contributed by atoms with Gasteiger partial charge in [-0.15, -0.1) is 0 Å². The Morgan fingerprint density at radius 3 is 2.71 bits per heavy atom. The molecule has 2 nitrogen and oxygen atoms in total. The predicted octanol–water partition coefficient (Wildman–Crippen LogP) is 3.08. The summed E-state index contributed by atoms with van der Waals surface area (Å²) in [7, 11) is 0. The lowest BCUT2D eigenvalue weighted by Gasteiger charge is -2.14. The van der Waals surface area contributed by atoms with Crippen LogP contribution < -0.4 is 5.32 Å². The van der Waals surface area contributed by atoms with Crippen LogP contribution in [0.2, 0.25) is 0 Å². The van der Waals surface area contributed by atoms with E-state index in [-0.39, 0.29) is 17.9 Å². The summed E-state index contributed by atoms with van der Waals surface area (Å²) in [5.41, 5.74) is -0.161.